The first-order valence-corrected chi connectivity index (χ1v) is 7.00. The highest BCUT2D eigenvalue weighted by Gasteiger charge is 2.16. The molecule has 1 nitrogen and oxygen atoms in total. The molecule has 2 aromatic carbocycles. The summed E-state index contributed by atoms with van der Waals surface area (Å²) in [6.07, 6.45) is -0.843. The van der Waals surface area contributed by atoms with E-state index in [4.69, 9.17) is 34.8 Å². The lowest BCUT2D eigenvalue weighted by molar-refractivity contribution is 0.220. The van der Waals surface area contributed by atoms with Crippen molar-refractivity contribution in [3.05, 3.63) is 67.1 Å². The third-order valence-corrected chi connectivity index (χ3v) is 4.59. The Balaban J connectivity index is 2.44. The first kappa shape index (κ1) is 14.2. The number of hydrogen-bond donors (Lipinski definition) is 1. The zero-order valence-electron chi connectivity index (χ0n) is 9.00. The van der Waals surface area contributed by atoms with E-state index in [1.807, 2.05) is 12.1 Å². The van der Waals surface area contributed by atoms with Crippen LogP contribution in [0, 0.1) is 0 Å². The van der Waals surface area contributed by atoms with Gasteiger partial charge in [-0.1, -0.05) is 53.0 Å². The first-order valence-electron chi connectivity index (χ1n) is 5.07. The molecule has 0 heterocycles. The molecule has 2 aromatic rings. The molecule has 0 aliphatic carbocycles. The lowest BCUT2D eigenvalue weighted by atomic mass is 10.0. The average Bonchev–Trinajstić information content (AvgIpc) is 2.35. The molecular weight excluding hydrogens is 358 g/mol. The normalized spacial score (nSPS) is 12.5. The first-order chi connectivity index (χ1) is 8.50. The molecule has 0 fully saturated rings. The summed E-state index contributed by atoms with van der Waals surface area (Å²) in [6, 6.07) is 10.4. The van der Waals surface area contributed by atoms with E-state index in [-0.39, 0.29) is 0 Å². The van der Waals surface area contributed by atoms with Crippen molar-refractivity contribution in [2.75, 3.05) is 0 Å². The number of benzene rings is 2. The van der Waals surface area contributed by atoms with Crippen molar-refractivity contribution < 1.29 is 5.11 Å². The SMILES string of the molecule is OC(c1ccc(Cl)c(Cl)c1)c1cccc(Br)c1Cl. The van der Waals surface area contributed by atoms with E-state index in [0.29, 0.717) is 26.2 Å². The van der Waals surface area contributed by atoms with Gasteiger partial charge in [0.05, 0.1) is 15.1 Å². The van der Waals surface area contributed by atoms with E-state index in [0.717, 1.165) is 4.47 Å². The minimum atomic E-state index is -0.843. The van der Waals surface area contributed by atoms with Crippen LogP contribution in [-0.4, -0.2) is 5.11 Å². The molecule has 1 N–H and O–H groups in total. The highest BCUT2D eigenvalue weighted by Crippen LogP contribution is 2.35. The second kappa shape index (κ2) is 5.81. The Morgan fingerprint density at radius 2 is 1.72 bits per heavy atom. The predicted octanol–water partition coefficient (Wildman–Crippen LogP) is 5.49. The Morgan fingerprint density at radius 3 is 2.39 bits per heavy atom. The lowest BCUT2D eigenvalue weighted by Gasteiger charge is -2.14. The van der Waals surface area contributed by atoms with E-state index in [1.165, 1.54) is 0 Å². The van der Waals surface area contributed by atoms with Gasteiger partial charge in [0.25, 0.3) is 0 Å². The van der Waals surface area contributed by atoms with Crippen LogP contribution in [0.2, 0.25) is 15.1 Å². The molecule has 0 radical (unpaired) electrons. The summed E-state index contributed by atoms with van der Waals surface area (Å²) in [5.74, 6) is 0. The van der Waals surface area contributed by atoms with Gasteiger partial charge in [-0.2, -0.15) is 0 Å². The molecule has 5 heteroatoms. The van der Waals surface area contributed by atoms with Gasteiger partial charge in [-0.25, -0.2) is 0 Å². The molecule has 18 heavy (non-hydrogen) atoms. The maximum absolute atomic E-state index is 10.3. The fourth-order valence-electron chi connectivity index (χ4n) is 1.59. The van der Waals surface area contributed by atoms with Crippen molar-refractivity contribution >= 4 is 50.7 Å². The molecule has 0 spiro atoms. The third-order valence-electron chi connectivity index (χ3n) is 2.54. The Bertz CT molecular complexity index is 586. The van der Waals surface area contributed by atoms with Crippen molar-refractivity contribution in [2.45, 2.75) is 6.10 Å². The largest absolute Gasteiger partial charge is 0.384 e. The van der Waals surface area contributed by atoms with Crippen LogP contribution in [0.5, 0.6) is 0 Å². The van der Waals surface area contributed by atoms with Gasteiger partial charge < -0.3 is 5.11 Å². The Morgan fingerprint density at radius 1 is 1.00 bits per heavy atom. The topological polar surface area (TPSA) is 20.2 Å². The summed E-state index contributed by atoms with van der Waals surface area (Å²) in [5, 5.41) is 11.6. The minimum absolute atomic E-state index is 0.402. The number of hydrogen-bond acceptors (Lipinski definition) is 1. The van der Waals surface area contributed by atoms with E-state index in [2.05, 4.69) is 15.9 Å². The Hall–Kier alpha value is -0.250. The van der Waals surface area contributed by atoms with Crippen molar-refractivity contribution in [1.29, 1.82) is 0 Å². The van der Waals surface area contributed by atoms with Gasteiger partial charge >= 0.3 is 0 Å². The van der Waals surface area contributed by atoms with Gasteiger partial charge in [-0.15, -0.1) is 0 Å². The molecular formula is C13H8BrCl3O. The van der Waals surface area contributed by atoms with E-state index >= 15 is 0 Å². The average molecular weight is 366 g/mol. The Kier molecular flexibility index (Phi) is 4.57. The molecule has 0 amide bonds. The highest BCUT2D eigenvalue weighted by atomic mass is 79.9. The highest BCUT2D eigenvalue weighted by molar-refractivity contribution is 9.10. The second-order valence-electron chi connectivity index (χ2n) is 3.72. The van der Waals surface area contributed by atoms with E-state index < -0.39 is 6.10 Å². The molecule has 0 aliphatic rings. The number of rotatable bonds is 2. The maximum atomic E-state index is 10.3. The fraction of sp³-hybridized carbons (Fsp3) is 0.0769. The molecule has 0 bridgehead atoms. The quantitative estimate of drug-likeness (QED) is 0.745. The van der Waals surface area contributed by atoms with Crippen molar-refractivity contribution in [3.8, 4) is 0 Å². The van der Waals surface area contributed by atoms with Gasteiger partial charge in [0, 0.05) is 10.0 Å². The fourth-order valence-corrected chi connectivity index (χ4v) is 2.51. The molecule has 1 atom stereocenters. The van der Waals surface area contributed by atoms with E-state index in [1.54, 1.807) is 24.3 Å². The van der Waals surface area contributed by atoms with Gasteiger partial charge in [0.15, 0.2) is 0 Å². The monoisotopic (exact) mass is 364 g/mol. The molecule has 0 aromatic heterocycles. The standard InChI is InChI=1S/C13H8BrCl3O/c14-9-3-1-2-8(12(9)17)13(18)7-4-5-10(15)11(16)6-7/h1-6,13,18H. The van der Waals surface area contributed by atoms with Crippen molar-refractivity contribution in [1.82, 2.24) is 0 Å². The number of aliphatic hydroxyl groups is 1. The smallest absolute Gasteiger partial charge is 0.106 e. The van der Waals surface area contributed by atoms with Gasteiger partial charge in [0.2, 0.25) is 0 Å². The Labute approximate surface area is 128 Å². The van der Waals surface area contributed by atoms with Crippen LogP contribution in [0.4, 0.5) is 0 Å². The molecule has 0 saturated carbocycles. The summed E-state index contributed by atoms with van der Waals surface area (Å²) in [5.41, 5.74) is 1.26. The van der Waals surface area contributed by atoms with Gasteiger partial charge in [-0.3, -0.25) is 0 Å². The van der Waals surface area contributed by atoms with Crippen LogP contribution in [0.1, 0.15) is 17.2 Å². The summed E-state index contributed by atoms with van der Waals surface area (Å²) in [4.78, 5) is 0. The van der Waals surface area contributed by atoms with Gasteiger partial charge in [-0.05, 0) is 39.7 Å². The maximum Gasteiger partial charge on any atom is 0.106 e. The van der Waals surface area contributed by atoms with Gasteiger partial charge in [0.1, 0.15) is 6.10 Å². The second-order valence-corrected chi connectivity index (χ2v) is 5.77. The molecule has 1 unspecified atom stereocenters. The molecule has 0 aliphatic heterocycles. The molecule has 94 valence electrons. The third kappa shape index (κ3) is 2.84. The molecule has 2 rings (SSSR count). The van der Waals surface area contributed by atoms with E-state index in [9.17, 15) is 5.11 Å². The van der Waals surface area contributed by atoms with Crippen molar-refractivity contribution in [2.24, 2.45) is 0 Å². The summed E-state index contributed by atoms with van der Waals surface area (Å²) >= 11 is 21.2. The summed E-state index contributed by atoms with van der Waals surface area (Å²) in [7, 11) is 0. The van der Waals surface area contributed by atoms with Crippen LogP contribution < -0.4 is 0 Å². The van der Waals surface area contributed by atoms with Crippen LogP contribution >= 0.6 is 50.7 Å². The molecule has 0 saturated heterocycles. The van der Waals surface area contributed by atoms with Crippen LogP contribution in [-0.2, 0) is 0 Å². The summed E-state index contributed by atoms with van der Waals surface area (Å²) < 4.78 is 0.737. The van der Waals surface area contributed by atoms with Crippen LogP contribution in [0.15, 0.2) is 40.9 Å². The zero-order chi connectivity index (χ0) is 13.3. The minimum Gasteiger partial charge on any atom is -0.384 e. The zero-order valence-corrected chi connectivity index (χ0v) is 12.9. The predicted molar refractivity (Wildman–Crippen MR) is 79.7 cm³/mol. The lowest BCUT2D eigenvalue weighted by Crippen LogP contribution is -2.00. The number of halogens is 4. The van der Waals surface area contributed by atoms with Crippen LogP contribution in [0.25, 0.3) is 0 Å². The number of aliphatic hydroxyl groups excluding tert-OH is 1. The van der Waals surface area contributed by atoms with Crippen LogP contribution in [0.3, 0.4) is 0 Å². The van der Waals surface area contributed by atoms with Crippen molar-refractivity contribution in [3.63, 3.8) is 0 Å². The summed E-state index contributed by atoms with van der Waals surface area (Å²) in [6.45, 7) is 0.